The molecule has 3 aromatic rings. The molecule has 5 heteroatoms. The van der Waals surface area contributed by atoms with E-state index in [1.165, 1.54) is 0 Å². The minimum atomic E-state index is -0.282. The van der Waals surface area contributed by atoms with Gasteiger partial charge in [0.1, 0.15) is 11.5 Å². The van der Waals surface area contributed by atoms with Crippen LogP contribution in [0.15, 0.2) is 78.9 Å². The van der Waals surface area contributed by atoms with Gasteiger partial charge in [0, 0.05) is 11.6 Å². The molecule has 2 amide bonds. The van der Waals surface area contributed by atoms with E-state index in [0.29, 0.717) is 28.3 Å². The summed E-state index contributed by atoms with van der Waals surface area (Å²) in [6.45, 7) is 3.76. The number of benzene rings is 3. The molecule has 0 bridgehead atoms. The quantitative estimate of drug-likeness (QED) is 0.647. The van der Waals surface area contributed by atoms with Crippen molar-refractivity contribution in [2.45, 2.75) is 19.9 Å². The smallest absolute Gasteiger partial charge is 0.255 e. The van der Waals surface area contributed by atoms with Gasteiger partial charge in [-0.15, -0.1) is 0 Å². The molecule has 0 saturated carbocycles. The lowest BCUT2D eigenvalue weighted by atomic mass is 10.1. The fourth-order valence-corrected chi connectivity index (χ4v) is 2.63. The van der Waals surface area contributed by atoms with Crippen LogP contribution in [-0.4, -0.2) is 17.9 Å². The predicted octanol–water partition coefficient (Wildman–Crippen LogP) is 4.87. The van der Waals surface area contributed by atoms with Crippen LogP contribution in [0.5, 0.6) is 11.5 Å². The Morgan fingerprint density at radius 3 is 2.07 bits per heavy atom. The number of carbonyl (C=O) groups is 2. The van der Waals surface area contributed by atoms with E-state index in [1.54, 1.807) is 42.5 Å². The molecule has 0 saturated heterocycles. The highest BCUT2D eigenvalue weighted by Crippen LogP contribution is 2.27. The Bertz CT molecular complexity index is 954. The summed E-state index contributed by atoms with van der Waals surface area (Å²) in [5, 5.41) is 5.67. The maximum absolute atomic E-state index is 12.7. The number of para-hydroxylation sites is 1. The Hall–Kier alpha value is -3.60. The first-order chi connectivity index (χ1) is 13.5. The molecule has 0 heterocycles. The van der Waals surface area contributed by atoms with Crippen molar-refractivity contribution >= 4 is 17.5 Å². The molecule has 0 spiro atoms. The van der Waals surface area contributed by atoms with Gasteiger partial charge in [-0.1, -0.05) is 36.4 Å². The highest BCUT2D eigenvalue weighted by Gasteiger charge is 2.16. The normalized spacial score (nSPS) is 10.4. The van der Waals surface area contributed by atoms with E-state index in [9.17, 15) is 9.59 Å². The van der Waals surface area contributed by atoms with Gasteiger partial charge in [0.15, 0.2) is 0 Å². The van der Waals surface area contributed by atoms with Gasteiger partial charge < -0.3 is 15.4 Å². The Kier molecular flexibility index (Phi) is 6.07. The maximum atomic E-state index is 12.7. The van der Waals surface area contributed by atoms with Crippen molar-refractivity contribution in [3.63, 3.8) is 0 Å². The van der Waals surface area contributed by atoms with Crippen molar-refractivity contribution in [1.82, 2.24) is 5.32 Å². The number of rotatable bonds is 6. The molecule has 0 unspecified atom stereocenters. The molecule has 0 aromatic heterocycles. The third-order valence-corrected chi connectivity index (χ3v) is 3.92. The molecule has 3 aromatic carbocycles. The van der Waals surface area contributed by atoms with E-state index in [-0.39, 0.29) is 17.9 Å². The summed E-state index contributed by atoms with van der Waals surface area (Å²) in [6.07, 6.45) is 0. The third-order valence-electron chi connectivity index (χ3n) is 3.92. The van der Waals surface area contributed by atoms with Crippen molar-refractivity contribution in [1.29, 1.82) is 0 Å². The summed E-state index contributed by atoms with van der Waals surface area (Å²) in [5.74, 6) is 0.615. The van der Waals surface area contributed by atoms with E-state index in [4.69, 9.17) is 4.74 Å². The van der Waals surface area contributed by atoms with Gasteiger partial charge in [0.25, 0.3) is 11.8 Å². The molecule has 0 radical (unpaired) electrons. The molecule has 0 atom stereocenters. The molecule has 5 nitrogen and oxygen atoms in total. The van der Waals surface area contributed by atoms with Crippen LogP contribution >= 0.6 is 0 Å². The monoisotopic (exact) mass is 374 g/mol. The highest BCUT2D eigenvalue weighted by molar-refractivity contribution is 6.09. The molecular weight excluding hydrogens is 352 g/mol. The lowest BCUT2D eigenvalue weighted by molar-refractivity contribution is 0.0943. The number of anilines is 1. The minimum absolute atomic E-state index is 0.0381. The van der Waals surface area contributed by atoms with Crippen LogP contribution in [0.1, 0.15) is 34.6 Å². The van der Waals surface area contributed by atoms with E-state index >= 15 is 0 Å². The summed E-state index contributed by atoms with van der Waals surface area (Å²) in [6, 6.07) is 23.2. The van der Waals surface area contributed by atoms with E-state index in [1.807, 2.05) is 50.2 Å². The van der Waals surface area contributed by atoms with E-state index in [2.05, 4.69) is 10.6 Å². The molecule has 0 aliphatic carbocycles. The predicted molar refractivity (Wildman–Crippen MR) is 110 cm³/mol. The van der Waals surface area contributed by atoms with Gasteiger partial charge in [-0.3, -0.25) is 9.59 Å². The summed E-state index contributed by atoms with van der Waals surface area (Å²) < 4.78 is 5.83. The van der Waals surface area contributed by atoms with Crippen LogP contribution in [0.25, 0.3) is 0 Å². The standard InChI is InChI=1S/C23H22N2O3/c1-16(2)24-23(27)20-15-19(28-18-11-7-4-8-12-18)13-14-21(20)25-22(26)17-9-5-3-6-10-17/h3-16H,1-2H3,(H,24,27)(H,25,26). The zero-order chi connectivity index (χ0) is 19.9. The van der Waals surface area contributed by atoms with Crippen LogP contribution in [-0.2, 0) is 0 Å². The van der Waals surface area contributed by atoms with Crippen LogP contribution in [0.3, 0.4) is 0 Å². The molecule has 0 aliphatic heterocycles. The summed E-state index contributed by atoms with van der Waals surface area (Å²) in [4.78, 5) is 25.2. The highest BCUT2D eigenvalue weighted by atomic mass is 16.5. The van der Waals surface area contributed by atoms with Gasteiger partial charge in [0.05, 0.1) is 11.3 Å². The Morgan fingerprint density at radius 2 is 1.43 bits per heavy atom. The second-order valence-electron chi connectivity index (χ2n) is 6.57. The number of carbonyl (C=O) groups excluding carboxylic acids is 2. The zero-order valence-corrected chi connectivity index (χ0v) is 15.8. The number of hydrogen-bond acceptors (Lipinski definition) is 3. The Morgan fingerprint density at radius 1 is 0.786 bits per heavy atom. The van der Waals surface area contributed by atoms with Crippen molar-refractivity contribution in [2.75, 3.05) is 5.32 Å². The lowest BCUT2D eigenvalue weighted by Gasteiger charge is -2.15. The fraction of sp³-hybridized carbons (Fsp3) is 0.130. The average Bonchev–Trinajstić information content (AvgIpc) is 2.70. The first-order valence-corrected chi connectivity index (χ1v) is 9.07. The number of amides is 2. The largest absolute Gasteiger partial charge is 0.457 e. The van der Waals surface area contributed by atoms with Gasteiger partial charge in [-0.25, -0.2) is 0 Å². The van der Waals surface area contributed by atoms with Crippen LogP contribution in [0, 0.1) is 0 Å². The molecule has 142 valence electrons. The Labute approximate surface area is 164 Å². The van der Waals surface area contributed by atoms with Gasteiger partial charge in [-0.2, -0.15) is 0 Å². The van der Waals surface area contributed by atoms with E-state index < -0.39 is 0 Å². The molecule has 0 aliphatic rings. The number of nitrogens with one attached hydrogen (secondary N) is 2. The van der Waals surface area contributed by atoms with Crippen molar-refractivity contribution < 1.29 is 14.3 Å². The fourth-order valence-electron chi connectivity index (χ4n) is 2.63. The second kappa shape index (κ2) is 8.86. The summed E-state index contributed by atoms with van der Waals surface area (Å²) in [7, 11) is 0. The Balaban J connectivity index is 1.89. The van der Waals surface area contributed by atoms with Crippen molar-refractivity contribution in [2.24, 2.45) is 0 Å². The number of ether oxygens (including phenoxy) is 1. The SMILES string of the molecule is CC(C)NC(=O)c1cc(Oc2ccccc2)ccc1NC(=O)c1ccccc1. The molecular formula is C23H22N2O3. The van der Waals surface area contributed by atoms with Crippen LogP contribution < -0.4 is 15.4 Å². The van der Waals surface area contributed by atoms with Gasteiger partial charge in [0.2, 0.25) is 0 Å². The topological polar surface area (TPSA) is 67.4 Å². The van der Waals surface area contributed by atoms with Crippen LogP contribution in [0.4, 0.5) is 5.69 Å². The third kappa shape index (κ3) is 4.98. The summed E-state index contributed by atoms with van der Waals surface area (Å²) in [5.41, 5.74) is 1.28. The average molecular weight is 374 g/mol. The first kappa shape index (κ1) is 19.2. The molecule has 28 heavy (non-hydrogen) atoms. The minimum Gasteiger partial charge on any atom is -0.457 e. The first-order valence-electron chi connectivity index (χ1n) is 9.07. The lowest BCUT2D eigenvalue weighted by Crippen LogP contribution is -2.31. The second-order valence-corrected chi connectivity index (χ2v) is 6.57. The summed E-state index contributed by atoms with van der Waals surface area (Å²) >= 11 is 0. The van der Waals surface area contributed by atoms with Gasteiger partial charge in [-0.05, 0) is 56.3 Å². The molecule has 0 fully saturated rings. The van der Waals surface area contributed by atoms with Crippen molar-refractivity contribution in [3.8, 4) is 11.5 Å². The molecule has 3 rings (SSSR count). The van der Waals surface area contributed by atoms with Crippen molar-refractivity contribution in [3.05, 3.63) is 90.0 Å². The van der Waals surface area contributed by atoms with Gasteiger partial charge >= 0.3 is 0 Å². The van der Waals surface area contributed by atoms with Crippen LogP contribution in [0.2, 0.25) is 0 Å². The molecule has 2 N–H and O–H groups in total. The zero-order valence-electron chi connectivity index (χ0n) is 15.8. The number of hydrogen-bond donors (Lipinski definition) is 2. The van der Waals surface area contributed by atoms with E-state index in [0.717, 1.165) is 0 Å². The maximum Gasteiger partial charge on any atom is 0.255 e.